The lowest BCUT2D eigenvalue weighted by Crippen LogP contribution is -2.43. The van der Waals surface area contributed by atoms with Crippen LogP contribution in [0.1, 0.15) is 66.8 Å². The number of hydrogen-bond acceptors (Lipinski definition) is 10. The summed E-state index contributed by atoms with van der Waals surface area (Å²) in [7, 11) is -6.50. The molecule has 0 amide bonds. The number of phenols is 3. The van der Waals surface area contributed by atoms with Gasteiger partial charge in [-0.25, -0.2) is 0 Å². The second kappa shape index (κ2) is 17.2. The summed E-state index contributed by atoms with van der Waals surface area (Å²) in [5.41, 5.74) is 9.36. The number of benzene rings is 6. The Bertz CT molecular complexity index is 2300. The van der Waals surface area contributed by atoms with Crippen LogP contribution in [0.4, 0.5) is 0 Å². The van der Waals surface area contributed by atoms with Gasteiger partial charge in [-0.1, -0.05) is 109 Å². The lowest BCUT2D eigenvalue weighted by atomic mass is 9.91. The Morgan fingerprint density at radius 1 is 0.379 bits per heavy atom. The number of fused-ring (bicyclic) bond motifs is 12. The van der Waals surface area contributed by atoms with Gasteiger partial charge < -0.3 is 50.2 Å². The van der Waals surface area contributed by atoms with Gasteiger partial charge in [0, 0.05) is 38.5 Å². The number of nitrogens with two attached hydrogens (primary N) is 4. The quantitative estimate of drug-likeness (QED) is 0.0919. The average Bonchev–Trinajstić information content (AvgIpc) is 3.15. The highest BCUT2D eigenvalue weighted by Crippen LogP contribution is 2.39. The van der Waals surface area contributed by atoms with Gasteiger partial charge in [-0.05, 0) is 86.4 Å². The maximum Gasteiger partial charge on any atom is 0.470 e. The summed E-state index contributed by atoms with van der Waals surface area (Å²) in [6.45, 7) is 6.47. The lowest BCUT2D eigenvalue weighted by Gasteiger charge is -2.26. The molecule has 0 atom stereocenters. The highest BCUT2D eigenvalue weighted by Gasteiger charge is 2.25. The van der Waals surface area contributed by atoms with Crippen molar-refractivity contribution < 1.29 is 28.6 Å². The summed E-state index contributed by atoms with van der Waals surface area (Å²) in [6.07, 6.45) is 2.20. The average molecular weight is 827 g/mol. The fraction of sp³-hybridized carbons (Fsp3) is 0.200. The fourth-order valence-electron chi connectivity index (χ4n) is 7.71. The summed E-state index contributed by atoms with van der Waals surface area (Å²) in [5.74, 6) is 2.36. The van der Waals surface area contributed by atoms with E-state index in [1.807, 2.05) is 97.1 Å². The van der Waals surface area contributed by atoms with Crippen LogP contribution < -0.4 is 34.9 Å². The molecule has 0 aliphatic heterocycles. The van der Waals surface area contributed by atoms with Crippen LogP contribution in [-0.2, 0) is 38.5 Å². The Kier molecular flexibility index (Phi) is 12.1. The molecule has 6 aromatic carbocycles. The molecule has 1 aliphatic carbocycles. The molecule has 12 bridgehead atoms. The molecule has 7 rings (SSSR count). The van der Waals surface area contributed by atoms with E-state index in [0.29, 0.717) is 70.6 Å². The van der Waals surface area contributed by atoms with Crippen molar-refractivity contribution in [2.24, 2.45) is 21.6 Å². The van der Waals surface area contributed by atoms with Crippen LogP contribution >= 0.6 is 0 Å². The van der Waals surface area contributed by atoms with Crippen molar-refractivity contribution in [1.82, 2.24) is 0 Å². The van der Waals surface area contributed by atoms with Crippen molar-refractivity contribution >= 4 is 27.0 Å². The second-order valence-electron chi connectivity index (χ2n) is 15.8. The summed E-state index contributed by atoms with van der Waals surface area (Å²) < 4.78 is 19.5. The molecule has 1 aliphatic rings. The highest BCUT2D eigenvalue weighted by molar-refractivity contribution is 6.70. The molecule has 0 saturated carbocycles. The fourth-order valence-corrected chi connectivity index (χ4v) is 9.58. The number of para-hydroxylation sites is 6. The lowest BCUT2D eigenvalue weighted by molar-refractivity contribution is 0.454. The number of rotatable bonds is 6. The third-order valence-electron chi connectivity index (χ3n) is 10.3. The summed E-state index contributed by atoms with van der Waals surface area (Å²) in [6, 6.07) is 35.0. The molecule has 0 saturated heterocycles. The van der Waals surface area contributed by atoms with E-state index < -0.39 is 27.0 Å². The molecule has 0 spiro atoms. The zero-order valence-electron chi connectivity index (χ0n) is 33.0. The Morgan fingerprint density at radius 2 is 0.586 bits per heavy atom. The third-order valence-corrected chi connectivity index (χ3v) is 12.0. The number of phenolic OH excluding ortho intramolecular Hbond substituents is 3. The monoisotopic (exact) mass is 826 g/mol. The smallest absolute Gasteiger partial charge is 0.470 e. The van der Waals surface area contributed by atoms with Crippen LogP contribution in [0.15, 0.2) is 109 Å². The van der Waals surface area contributed by atoms with Gasteiger partial charge in [0.05, 0.1) is 0 Å². The molecular weight excluding hydrogens is 777 g/mol. The van der Waals surface area contributed by atoms with Gasteiger partial charge in [0.15, 0.2) is 0 Å². The molecule has 2 radical (unpaired) electrons. The van der Waals surface area contributed by atoms with Gasteiger partial charge in [-0.2, -0.15) is 0 Å². The van der Waals surface area contributed by atoms with Crippen molar-refractivity contribution in [3.8, 4) is 34.5 Å². The van der Waals surface area contributed by atoms with E-state index in [4.69, 9.17) is 34.9 Å². The first-order valence-corrected chi connectivity index (χ1v) is 25.8. The molecule has 58 heavy (non-hydrogen) atoms. The van der Waals surface area contributed by atoms with Crippen LogP contribution in [0.2, 0.25) is 19.6 Å². The summed E-state index contributed by atoms with van der Waals surface area (Å²) in [5, 5.41) is 59.7. The molecule has 13 heteroatoms. The van der Waals surface area contributed by atoms with Gasteiger partial charge in [-0.15, -0.1) is 0 Å². The minimum absolute atomic E-state index is 0.111. The Balaban J connectivity index is 1.43. The van der Waals surface area contributed by atoms with E-state index in [1.54, 1.807) is 0 Å². The van der Waals surface area contributed by atoms with Crippen LogP contribution in [0.5, 0.6) is 34.5 Å². The van der Waals surface area contributed by atoms with E-state index in [2.05, 4.69) is 31.8 Å². The maximum absolute atomic E-state index is 11.7. The Morgan fingerprint density at radius 3 is 0.828 bits per heavy atom. The Hall–Kier alpha value is -5.39. The number of hydrogen-bond donors (Lipinski definition) is 7. The van der Waals surface area contributed by atoms with Crippen molar-refractivity contribution in [2.45, 2.75) is 58.2 Å². The van der Waals surface area contributed by atoms with Crippen molar-refractivity contribution in [3.63, 3.8) is 0 Å². The first kappa shape index (κ1) is 40.8. The van der Waals surface area contributed by atoms with Gasteiger partial charge in [0.2, 0.25) is 8.32 Å². The normalized spacial score (nSPS) is 13.2. The van der Waals surface area contributed by atoms with Gasteiger partial charge in [0.25, 0.3) is 0 Å². The minimum Gasteiger partial charge on any atom is -0.544 e. The molecule has 11 N–H and O–H groups in total. The van der Waals surface area contributed by atoms with Crippen LogP contribution in [-0.4, -0.2) is 42.4 Å². The zero-order valence-corrected chi connectivity index (χ0v) is 36.0. The first-order valence-electron chi connectivity index (χ1n) is 19.3. The van der Waals surface area contributed by atoms with E-state index >= 15 is 0 Å². The van der Waals surface area contributed by atoms with E-state index in [-0.39, 0.29) is 30.1 Å². The predicted molar refractivity (Wildman–Crippen MR) is 234 cm³/mol. The predicted octanol–water partition coefficient (Wildman–Crippen LogP) is 6.44. The second-order valence-corrected chi connectivity index (χ2v) is 22.2. The minimum atomic E-state index is -2.17. The highest BCUT2D eigenvalue weighted by atomic mass is 28.4. The molecule has 0 aromatic heterocycles. The molecule has 6 aromatic rings. The molecule has 0 unspecified atom stereocenters. The topological polar surface area (TPSA) is 192 Å². The van der Waals surface area contributed by atoms with Crippen LogP contribution in [0, 0.1) is 0 Å². The maximum atomic E-state index is 11.7. The third kappa shape index (κ3) is 9.32. The van der Waals surface area contributed by atoms with Gasteiger partial charge in [0.1, 0.15) is 34.5 Å². The van der Waals surface area contributed by atoms with Crippen molar-refractivity contribution in [1.29, 1.82) is 0 Å². The Labute approximate surface area is 344 Å². The van der Waals surface area contributed by atoms with Crippen LogP contribution in [0.3, 0.4) is 0 Å². The molecule has 298 valence electrons. The van der Waals surface area contributed by atoms with Gasteiger partial charge in [-0.3, -0.25) is 0 Å². The standard InChI is InChI=1S/C45H50N4O6Si3/c1-58(2,3)55-45-38-20-9-21-39(45)27-37-19-8-17-35(44(37)54-57(48)49)25-33-15-6-13-31(42(33)52)23-29-11-4-10-28(40(29)50)22-30-12-5-14-32(41(30)51)24-34-16-7-18-36(26-38)43(34)53-56(46)47/h4-21,50-52H,22-27,46-49H2,1-3H3. The summed E-state index contributed by atoms with van der Waals surface area (Å²) in [4.78, 5) is 0. The van der Waals surface area contributed by atoms with E-state index in [1.165, 1.54) is 0 Å². The van der Waals surface area contributed by atoms with E-state index in [0.717, 1.165) is 39.1 Å². The number of aromatic hydroxyl groups is 3. The van der Waals surface area contributed by atoms with Crippen LogP contribution in [0.25, 0.3) is 0 Å². The first-order chi connectivity index (χ1) is 27.7. The molecule has 0 heterocycles. The van der Waals surface area contributed by atoms with E-state index in [9.17, 15) is 15.3 Å². The molecular formula is C45H50N4O6Si3. The zero-order chi connectivity index (χ0) is 41.1. The summed E-state index contributed by atoms with van der Waals surface area (Å²) >= 11 is 0. The SMILES string of the molecule is C[Si](C)(C)Oc1c2cccc1Cc1cccc(c1O[Si](N)N)Cc1cccc(c1O)Cc1cccc(c1O)Cc1cccc(c1O)Cc1cccc(c1O[Si](N)N)C2. The largest absolute Gasteiger partial charge is 0.544 e. The van der Waals surface area contributed by atoms with Crippen molar-refractivity contribution in [3.05, 3.63) is 176 Å². The molecule has 0 fully saturated rings. The van der Waals surface area contributed by atoms with Crippen molar-refractivity contribution in [2.75, 3.05) is 0 Å². The molecule has 10 nitrogen and oxygen atoms in total. The van der Waals surface area contributed by atoms with Gasteiger partial charge >= 0.3 is 18.7 Å².